The second-order valence-corrected chi connectivity index (χ2v) is 4.50. The van der Waals surface area contributed by atoms with Crippen molar-refractivity contribution in [3.63, 3.8) is 0 Å². The Bertz CT molecular complexity index is 666. The number of hydrogen-bond donors (Lipinski definition) is 2. The summed E-state index contributed by atoms with van der Waals surface area (Å²) < 4.78 is 34.2. The quantitative estimate of drug-likeness (QED) is 0.397. The van der Waals surface area contributed by atoms with Gasteiger partial charge in [0.05, 0.1) is 6.54 Å². The molecule has 1 aromatic heterocycles. The molecular formula is C14H18F2IN5O2. The second kappa shape index (κ2) is 10.0. The van der Waals surface area contributed by atoms with Crippen LogP contribution in [0.3, 0.4) is 0 Å². The molecule has 0 unspecified atom stereocenters. The standard InChI is InChI=1S/C14H17F2N5O2.HI/c1-9-20-12(23-21-9)8-19-14(17-2)18-7-10-5-3-4-6-11(10)22-13(15)16;/h3-6,13H,7-8H2,1-2H3,(H2,17,18,19);1H. The van der Waals surface area contributed by atoms with E-state index in [9.17, 15) is 8.78 Å². The fraction of sp³-hybridized carbons (Fsp3) is 0.357. The van der Waals surface area contributed by atoms with Gasteiger partial charge in [0.2, 0.25) is 5.89 Å². The summed E-state index contributed by atoms with van der Waals surface area (Å²) in [5, 5.41) is 9.66. The van der Waals surface area contributed by atoms with E-state index in [1.165, 1.54) is 6.07 Å². The number of aliphatic imine (C=N–C) groups is 1. The zero-order chi connectivity index (χ0) is 16.7. The minimum absolute atomic E-state index is 0. The number of rotatable bonds is 6. The van der Waals surface area contributed by atoms with E-state index >= 15 is 0 Å². The van der Waals surface area contributed by atoms with Crippen LogP contribution in [0.1, 0.15) is 17.3 Å². The molecule has 0 saturated carbocycles. The maximum atomic E-state index is 12.4. The first-order chi connectivity index (χ1) is 11.1. The monoisotopic (exact) mass is 453 g/mol. The number of aromatic nitrogens is 2. The molecule has 2 N–H and O–H groups in total. The molecule has 2 rings (SSSR count). The van der Waals surface area contributed by atoms with Crippen LogP contribution in [0.25, 0.3) is 0 Å². The van der Waals surface area contributed by atoms with Gasteiger partial charge in [-0.1, -0.05) is 23.4 Å². The van der Waals surface area contributed by atoms with Crippen LogP contribution in [0.5, 0.6) is 5.75 Å². The summed E-state index contributed by atoms with van der Waals surface area (Å²) in [4.78, 5) is 8.09. The minimum Gasteiger partial charge on any atom is -0.434 e. The van der Waals surface area contributed by atoms with Gasteiger partial charge in [-0.25, -0.2) is 0 Å². The first-order valence-corrected chi connectivity index (χ1v) is 6.85. The van der Waals surface area contributed by atoms with E-state index in [4.69, 9.17) is 4.52 Å². The van der Waals surface area contributed by atoms with Crippen LogP contribution in [0.15, 0.2) is 33.8 Å². The van der Waals surface area contributed by atoms with Gasteiger partial charge in [-0.15, -0.1) is 24.0 Å². The summed E-state index contributed by atoms with van der Waals surface area (Å²) in [5.74, 6) is 1.56. The van der Waals surface area contributed by atoms with Crippen molar-refractivity contribution in [1.29, 1.82) is 0 Å². The molecule has 0 fully saturated rings. The molecule has 24 heavy (non-hydrogen) atoms. The number of halogens is 3. The smallest absolute Gasteiger partial charge is 0.387 e. The van der Waals surface area contributed by atoms with Crippen molar-refractivity contribution in [1.82, 2.24) is 20.8 Å². The Morgan fingerprint density at radius 2 is 2.00 bits per heavy atom. The number of alkyl halides is 2. The van der Waals surface area contributed by atoms with Crippen molar-refractivity contribution in [3.05, 3.63) is 41.5 Å². The molecule has 132 valence electrons. The van der Waals surface area contributed by atoms with Gasteiger partial charge in [0.1, 0.15) is 5.75 Å². The van der Waals surface area contributed by atoms with E-state index in [1.807, 2.05) is 0 Å². The zero-order valence-corrected chi connectivity index (χ0v) is 15.5. The van der Waals surface area contributed by atoms with Crippen LogP contribution < -0.4 is 15.4 Å². The average Bonchev–Trinajstić information content (AvgIpc) is 2.94. The van der Waals surface area contributed by atoms with Gasteiger partial charge >= 0.3 is 6.61 Å². The van der Waals surface area contributed by atoms with Crippen LogP contribution in [-0.4, -0.2) is 29.8 Å². The van der Waals surface area contributed by atoms with Gasteiger partial charge in [-0.05, 0) is 13.0 Å². The van der Waals surface area contributed by atoms with Gasteiger partial charge in [-0.3, -0.25) is 4.99 Å². The molecule has 0 atom stereocenters. The predicted octanol–water partition coefficient (Wildman–Crippen LogP) is 2.46. The number of aryl methyl sites for hydroxylation is 1. The highest BCUT2D eigenvalue weighted by Crippen LogP contribution is 2.19. The Balaban J connectivity index is 0.00000288. The third kappa shape index (κ3) is 6.26. The van der Waals surface area contributed by atoms with E-state index in [2.05, 4.69) is 30.5 Å². The molecule has 0 aliphatic rings. The topological polar surface area (TPSA) is 84.6 Å². The third-order valence-electron chi connectivity index (χ3n) is 2.84. The Kier molecular flexibility index (Phi) is 8.36. The van der Waals surface area contributed by atoms with Crippen molar-refractivity contribution in [2.24, 2.45) is 4.99 Å². The van der Waals surface area contributed by atoms with Crippen LogP contribution in [0.4, 0.5) is 8.78 Å². The third-order valence-corrected chi connectivity index (χ3v) is 2.84. The molecule has 7 nitrogen and oxygen atoms in total. The second-order valence-electron chi connectivity index (χ2n) is 4.50. The summed E-state index contributed by atoms with van der Waals surface area (Å²) in [7, 11) is 1.59. The van der Waals surface area contributed by atoms with E-state index < -0.39 is 6.61 Å². The highest BCUT2D eigenvalue weighted by molar-refractivity contribution is 14.0. The molecule has 1 heterocycles. The van der Waals surface area contributed by atoms with E-state index in [1.54, 1.807) is 32.2 Å². The average molecular weight is 453 g/mol. The van der Waals surface area contributed by atoms with E-state index in [0.29, 0.717) is 29.8 Å². The maximum Gasteiger partial charge on any atom is 0.387 e. The van der Waals surface area contributed by atoms with Crippen LogP contribution >= 0.6 is 24.0 Å². The maximum absolute atomic E-state index is 12.4. The van der Waals surface area contributed by atoms with Gasteiger partial charge in [0.15, 0.2) is 11.8 Å². The summed E-state index contributed by atoms with van der Waals surface area (Å²) in [6, 6.07) is 6.55. The fourth-order valence-corrected chi connectivity index (χ4v) is 1.83. The lowest BCUT2D eigenvalue weighted by Gasteiger charge is -2.13. The predicted molar refractivity (Wildman–Crippen MR) is 94.6 cm³/mol. The molecule has 0 saturated heterocycles. The van der Waals surface area contributed by atoms with Gasteiger partial charge in [-0.2, -0.15) is 13.8 Å². The molecule has 10 heteroatoms. The number of nitrogens with zero attached hydrogens (tertiary/aromatic N) is 3. The number of hydrogen-bond acceptors (Lipinski definition) is 5. The van der Waals surface area contributed by atoms with Crippen LogP contribution in [0.2, 0.25) is 0 Å². The van der Waals surface area contributed by atoms with Crippen molar-refractivity contribution >= 4 is 29.9 Å². The number of guanidine groups is 1. The number of nitrogens with one attached hydrogen (secondary N) is 2. The van der Waals surface area contributed by atoms with Gasteiger partial charge in [0, 0.05) is 19.2 Å². The normalized spacial score (nSPS) is 11.1. The molecule has 1 aromatic carbocycles. The SMILES string of the molecule is CN=C(NCc1nc(C)no1)NCc1ccccc1OC(F)F.I. The van der Waals surface area contributed by atoms with Crippen LogP contribution in [0, 0.1) is 6.92 Å². The van der Waals surface area contributed by atoms with Gasteiger partial charge in [0.25, 0.3) is 0 Å². The Morgan fingerprint density at radius 3 is 2.62 bits per heavy atom. The minimum atomic E-state index is -2.87. The highest BCUT2D eigenvalue weighted by Gasteiger charge is 2.10. The molecule has 0 bridgehead atoms. The molecule has 0 aliphatic carbocycles. The van der Waals surface area contributed by atoms with E-state index in [-0.39, 0.29) is 36.3 Å². The van der Waals surface area contributed by atoms with Crippen LogP contribution in [-0.2, 0) is 13.1 Å². The van der Waals surface area contributed by atoms with E-state index in [0.717, 1.165) is 0 Å². The Labute approximate surface area is 154 Å². The lowest BCUT2D eigenvalue weighted by atomic mass is 10.2. The molecule has 0 radical (unpaired) electrons. The zero-order valence-electron chi connectivity index (χ0n) is 13.1. The molecular weight excluding hydrogens is 435 g/mol. The highest BCUT2D eigenvalue weighted by atomic mass is 127. The Hall–Kier alpha value is -1.98. The summed E-state index contributed by atoms with van der Waals surface area (Å²) in [6.07, 6.45) is 0. The molecule has 0 spiro atoms. The Morgan fingerprint density at radius 1 is 1.29 bits per heavy atom. The molecule has 0 aliphatic heterocycles. The molecule has 0 amide bonds. The first-order valence-electron chi connectivity index (χ1n) is 6.85. The summed E-state index contributed by atoms with van der Waals surface area (Å²) in [5.41, 5.74) is 0.587. The van der Waals surface area contributed by atoms with Crippen molar-refractivity contribution in [2.75, 3.05) is 7.05 Å². The lowest BCUT2D eigenvalue weighted by Crippen LogP contribution is -2.36. The van der Waals surface area contributed by atoms with Crippen molar-refractivity contribution < 1.29 is 18.0 Å². The largest absolute Gasteiger partial charge is 0.434 e. The first kappa shape index (κ1) is 20.1. The van der Waals surface area contributed by atoms with Crippen molar-refractivity contribution in [3.8, 4) is 5.75 Å². The summed E-state index contributed by atoms with van der Waals surface area (Å²) in [6.45, 7) is -0.574. The fourth-order valence-electron chi connectivity index (χ4n) is 1.83. The number of benzene rings is 1. The van der Waals surface area contributed by atoms with Gasteiger partial charge < -0.3 is 19.9 Å². The number of ether oxygens (including phenoxy) is 1. The van der Waals surface area contributed by atoms with Crippen molar-refractivity contribution in [2.45, 2.75) is 26.6 Å². The lowest BCUT2D eigenvalue weighted by molar-refractivity contribution is -0.0504. The molecule has 2 aromatic rings. The number of para-hydroxylation sites is 1. The summed E-state index contributed by atoms with van der Waals surface area (Å²) >= 11 is 0.